The third-order valence-corrected chi connectivity index (χ3v) is 3.26. The maximum absolute atomic E-state index is 11.9. The number of nitrogens with zero attached hydrogens (tertiary/aromatic N) is 1. The van der Waals surface area contributed by atoms with Gasteiger partial charge in [-0.05, 0) is 24.6 Å². The molecule has 0 spiro atoms. The molecular formula is C14H19N3O2. The maximum atomic E-state index is 11.9. The number of aryl methyl sites for hydroxylation is 1. The molecule has 2 rings (SSSR count). The summed E-state index contributed by atoms with van der Waals surface area (Å²) in [5, 5.41) is 2.80. The van der Waals surface area contributed by atoms with Crippen molar-refractivity contribution in [2.75, 3.05) is 16.8 Å². The molecule has 0 bridgehead atoms. The van der Waals surface area contributed by atoms with Crippen molar-refractivity contribution < 1.29 is 9.59 Å². The van der Waals surface area contributed by atoms with E-state index in [0.29, 0.717) is 25.1 Å². The molecule has 0 aliphatic carbocycles. The highest BCUT2D eigenvalue weighted by Gasteiger charge is 2.29. The fourth-order valence-electron chi connectivity index (χ4n) is 2.20. The molecule has 5 heteroatoms. The third kappa shape index (κ3) is 2.93. The number of hydrogen-bond acceptors (Lipinski definition) is 3. The van der Waals surface area contributed by atoms with Gasteiger partial charge in [-0.3, -0.25) is 9.59 Å². The zero-order valence-electron chi connectivity index (χ0n) is 11.3. The number of hydrogen-bond donors (Lipinski definition) is 2. The molecule has 1 atom stereocenters. The molecule has 1 aromatic carbocycles. The topological polar surface area (TPSA) is 75.4 Å². The summed E-state index contributed by atoms with van der Waals surface area (Å²) in [7, 11) is 0. The van der Waals surface area contributed by atoms with Crippen LogP contribution in [0.15, 0.2) is 18.2 Å². The summed E-state index contributed by atoms with van der Waals surface area (Å²) in [5.74, 6) is -0.00572. The predicted octanol–water partition coefficient (Wildman–Crippen LogP) is 1.41. The third-order valence-electron chi connectivity index (χ3n) is 3.26. The van der Waals surface area contributed by atoms with E-state index < -0.39 is 0 Å². The zero-order valence-corrected chi connectivity index (χ0v) is 11.3. The molecule has 1 unspecified atom stereocenters. The van der Waals surface area contributed by atoms with Gasteiger partial charge in [0.2, 0.25) is 11.8 Å². The summed E-state index contributed by atoms with van der Waals surface area (Å²) >= 11 is 0. The van der Waals surface area contributed by atoms with Gasteiger partial charge in [0.15, 0.2) is 0 Å². The van der Waals surface area contributed by atoms with E-state index in [4.69, 9.17) is 5.73 Å². The van der Waals surface area contributed by atoms with E-state index in [9.17, 15) is 9.59 Å². The van der Waals surface area contributed by atoms with E-state index in [1.54, 1.807) is 11.8 Å². The van der Waals surface area contributed by atoms with Gasteiger partial charge in [-0.25, -0.2) is 0 Å². The van der Waals surface area contributed by atoms with Gasteiger partial charge < -0.3 is 16.0 Å². The molecule has 102 valence electrons. The van der Waals surface area contributed by atoms with Gasteiger partial charge in [0, 0.05) is 36.8 Å². The van der Waals surface area contributed by atoms with Crippen molar-refractivity contribution in [2.24, 2.45) is 5.73 Å². The Balaban J connectivity index is 2.27. The van der Waals surface area contributed by atoms with Gasteiger partial charge in [0.1, 0.15) is 0 Å². The normalized spacial score (nSPS) is 18.8. The molecule has 0 radical (unpaired) electrons. The summed E-state index contributed by atoms with van der Waals surface area (Å²) in [6.45, 7) is 4.27. The van der Waals surface area contributed by atoms with Crippen molar-refractivity contribution in [1.29, 1.82) is 0 Å². The molecule has 0 aromatic heterocycles. The van der Waals surface area contributed by atoms with Crippen molar-refractivity contribution in [3.05, 3.63) is 23.8 Å². The van der Waals surface area contributed by atoms with Gasteiger partial charge in [-0.1, -0.05) is 13.0 Å². The lowest BCUT2D eigenvalue weighted by Crippen LogP contribution is -2.28. The van der Waals surface area contributed by atoms with Crippen LogP contribution in [-0.2, 0) is 9.59 Å². The van der Waals surface area contributed by atoms with Crippen molar-refractivity contribution in [3.8, 4) is 0 Å². The molecule has 1 heterocycles. The molecule has 0 saturated carbocycles. The van der Waals surface area contributed by atoms with Gasteiger partial charge >= 0.3 is 0 Å². The van der Waals surface area contributed by atoms with E-state index in [1.165, 1.54) is 0 Å². The molecule has 1 aromatic rings. The Morgan fingerprint density at radius 3 is 2.84 bits per heavy atom. The van der Waals surface area contributed by atoms with Crippen molar-refractivity contribution in [3.63, 3.8) is 0 Å². The summed E-state index contributed by atoms with van der Waals surface area (Å²) in [5.41, 5.74) is 8.34. The largest absolute Gasteiger partial charge is 0.326 e. The van der Waals surface area contributed by atoms with Crippen LogP contribution < -0.4 is 16.0 Å². The second kappa shape index (κ2) is 5.40. The first kappa shape index (κ1) is 13.5. The van der Waals surface area contributed by atoms with Crippen molar-refractivity contribution in [1.82, 2.24) is 0 Å². The lowest BCUT2D eigenvalue weighted by Gasteiger charge is -2.19. The molecular weight excluding hydrogens is 242 g/mol. The second-order valence-electron chi connectivity index (χ2n) is 4.87. The first-order valence-electron chi connectivity index (χ1n) is 6.47. The van der Waals surface area contributed by atoms with Crippen LogP contribution in [0, 0.1) is 6.92 Å². The van der Waals surface area contributed by atoms with E-state index >= 15 is 0 Å². The van der Waals surface area contributed by atoms with Crippen LogP contribution in [0.1, 0.15) is 25.3 Å². The minimum Gasteiger partial charge on any atom is -0.326 e. The standard InChI is InChI=1S/C14H19N3O2/c1-3-13(18)16-11-5-4-9(2)12(7-11)17-8-10(15)6-14(17)19/h4-5,7,10H,3,6,8,15H2,1-2H3,(H,16,18). The molecule has 1 saturated heterocycles. The van der Waals surface area contributed by atoms with Crippen LogP contribution >= 0.6 is 0 Å². The molecule has 5 nitrogen and oxygen atoms in total. The Bertz CT molecular complexity index is 513. The van der Waals surface area contributed by atoms with E-state index in [0.717, 1.165) is 11.3 Å². The predicted molar refractivity (Wildman–Crippen MR) is 75.0 cm³/mol. The monoisotopic (exact) mass is 261 g/mol. The number of benzene rings is 1. The number of carbonyl (C=O) groups is 2. The molecule has 3 N–H and O–H groups in total. The van der Waals surface area contributed by atoms with Crippen LogP contribution in [0.2, 0.25) is 0 Å². The summed E-state index contributed by atoms with van der Waals surface area (Å²) < 4.78 is 0. The molecule has 1 aliphatic rings. The van der Waals surface area contributed by atoms with Crippen LogP contribution in [-0.4, -0.2) is 24.4 Å². The Morgan fingerprint density at radius 1 is 1.53 bits per heavy atom. The molecule has 1 aliphatic heterocycles. The fourth-order valence-corrected chi connectivity index (χ4v) is 2.20. The van der Waals surface area contributed by atoms with Gasteiger partial charge in [0.25, 0.3) is 0 Å². The van der Waals surface area contributed by atoms with Crippen LogP contribution in [0.25, 0.3) is 0 Å². The second-order valence-corrected chi connectivity index (χ2v) is 4.87. The van der Waals surface area contributed by atoms with E-state index in [-0.39, 0.29) is 17.9 Å². The minimum absolute atomic E-state index is 0.0366. The highest BCUT2D eigenvalue weighted by molar-refractivity contribution is 5.98. The highest BCUT2D eigenvalue weighted by Crippen LogP contribution is 2.27. The van der Waals surface area contributed by atoms with Crippen LogP contribution in [0.5, 0.6) is 0 Å². The van der Waals surface area contributed by atoms with Gasteiger partial charge in [-0.15, -0.1) is 0 Å². The van der Waals surface area contributed by atoms with Gasteiger partial charge in [-0.2, -0.15) is 0 Å². The summed E-state index contributed by atoms with van der Waals surface area (Å²) in [6, 6.07) is 5.46. The lowest BCUT2D eigenvalue weighted by atomic mass is 10.1. The quantitative estimate of drug-likeness (QED) is 0.863. The number of amides is 2. The number of nitrogens with one attached hydrogen (secondary N) is 1. The average Bonchev–Trinajstić information content (AvgIpc) is 2.70. The molecule has 2 amide bonds. The first-order valence-corrected chi connectivity index (χ1v) is 6.47. The summed E-state index contributed by atoms with van der Waals surface area (Å²) in [4.78, 5) is 25.0. The Labute approximate surface area is 112 Å². The van der Waals surface area contributed by atoms with E-state index in [2.05, 4.69) is 5.32 Å². The summed E-state index contributed by atoms with van der Waals surface area (Å²) in [6.07, 6.45) is 0.807. The Morgan fingerprint density at radius 2 is 2.26 bits per heavy atom. The lowest BCUT2D eigenvalue weighted by molar-refractivity contribution is -0.117. The van der Waals surface area contributed by atoms with E-state index in [1.807, 2.05) is 25.1 Å². The SMILES string of the molecule is CCC(=O)Nc1ccc(C)c(N2CC(N)CC2=O)c1. The number of rotatable bonds is 3. The fraction of sp³-hybridized carbons (Fsp3) is 0.429. The molecule has 1 fully saturated rings. The number of carbonyl (C=O) groups excluding carboxylic acids is 2. The molecule has 19 heavy (non-hydrogen) atoms. The van der Waals surface area contributed by atoms with Crippen molar-refractivity contribution in [2.45, 2.75) is 32.7 Å². The van der Waals surface area contributed by atoms with Crippen molar-refractivity contribution >= 4 is 23.2 Å². The number of nitrogens with two attached hydrogens (primary N) is 1. The number of anilines is 2. The Hall–Kier alpha value is -1.88. The first-order chi connectivity index (χ1) is 9.01. The van der Waals surface area contributed by atoms with Crippen LogP contribution in [0.3, 0.4) is 0 Å². The Kier molecular flexibility index (Phi) is 3.85. The zero-order chi connectivity index (χ0) is 14.0. The average molecular weight is 261 g/mol. The van der Waals surface area contributed by atoms with Gasteiger partial charge in [0.05, 0.1) is 0 Å². The highest BCUT2D eigenvalue weighted by atomic mass is 16.2. The van der Waals surface area contributed by atoms with Crippen LogP contribution in [0.4, 0.5) is 11.4 Å². The maximum Gasteiger partial charge on any atom is 0.228 e. The minimum atomic E-state index is -0.110. The smallest absolute Gasteiger partial charge is 0.228 e.